The Morgan fingerprint density at radius 1 is 1.47 bits per heavy atom. The first-order valence-electron chi connectivity index (χ1n) is 6.34. The van der Waals surface area contributed by atoms with Crippen molar-refractivity contribution in [2.24, 2.45) is 5.73 Å². The molecule has 0 saturated carbocycles. The number of nitrogens with two attached hydrogens (primary N) is 1. The van der Waals surface area contributed by atoms with E-state index >= 15 is 0 Å². The van der Waals surface area contributed by atoms with Crippen LogP contribution >= 0.6 is 0 Å². The normalized spacial score (nSPS) is 12.5. The fourth-order valence-corrected chi connectivity index (χ4v) is 1.77. The zero-order chi connectivity index (χ0) is 14.4. The predicted molar refractivity (Wildman–Crippen MR) is 72.5 cm³/mol. The number of rotatable bonds is 7. The lowest BCUT2D eigenvalue weighted by atomic mass is 10.2. The van der Waals surface area contributed by atoms with Crippen LogP contribution in [0, 0.1) is 12.7 Å². The van der Waals surface area contributed by atoms with Gasteiger partial charge in [0.2, 0.25) is 5.91 Å². The number of hydrogen-bond donors (Lipinski definition) is 2. The van der Waals surface area contributed by atoms with Crippen molar-refractivity contribution < 1.29 is 13.9 Å². The first-order valence-corrected chi connectivity index (χ1v) is 6.34. The van der Waals surface area contributed by atoms with E-state index in [1.54, 1.807) is 13.0 Å². The number of ether oxygens (including phenoxy) is 1. The lowest BCUT2D eigenvalue weighted by molar-refractivity contribution is -0.120. The first-order chi connectivity index (χ1) is 8.90. The maximum atomic E-state index is 12.9. The van der Waals surface area contributed by atoms with Crippen LogP contribution < -0.4 is 15.8 Å². The number of hydrogen-bond acceptors (Lipinski definition) is 3. The van der Waals surface area contributed by atoms with Crippen molar-refractivity contribution in [3.05, 3.63) is 29.6 Å². The van der Waals surface area contributed by atoms with Gasteiger partial charge in [-0.2, -0.15) is 0 Å². The molecule has 0 aliphatic rings. The summed E-state index contributed by atoms with van der Waals surface area (Å²) in [6.45, 7) is 6.01. The van der Waals surface area contributed by atoms with Crippen LogP contribution in [0.1, 0.15) is 25.8 Å². The minimum atomic E-state index is -0.416. The Morgan fingerprint density at radius 2 is 2.16 bits per heavy atom. The summed E-state index contributed by atoms with van der Waals surface area (Å²) in [6, 6.07) is 4.10. The topological polar surface area (TPSA) is 64.3 Å². The zero-order valence-corrected chi connectivity index (χ0v) is 11.6. The van der Waals surface area contributed by atoms with Gasteiger partial charge in [0.05, 0.1) is 12.6 Å². The quantitative estimate of drug-likeness (QED) is 0.792. The Kier molecular flexibility index (Phi) is 5.76. The van der Waals surface area contributed by atoms with Gasteiger partial charge in [-0.3, -0.25) is 4.79 Å². The summed E-state index contributed by atoms with van der Waals surface area (Å²) in [6.07, 6.45) is 0.477. The summed E-state index contributed by atoms with van der Waals surface area (Å²) in [5.41, 5.74) is 6.04. The van der Waals surface area contributed by atoms with Gasteiger partial charge in [0.1, 0.15) is 11.6 Å². The molecule has 0 aromatic heterocycles. The highest BCUT2D eigenvalue weighted by Gasteiger charge is 2.16. The maximum absolute atomic E-state index is 12.9. The molecule has 0 heterocycles. The average Bonchev–Trinajstić information content (AvgIpc) is 2.29. The van der Waals surface area contributed by atoms with Crippen LogP contribution in [0.25, 0.3) is 0 Å². The van der Waals surface area contributed by atoms with Crippen LogP contribution in [-0.2, 0) is 4.79 Å². The minimum absolute atomic E-state index is 0.171. The standard InChI is InChI=1S/C14H21FN2O2/c1-9(2)17-12(14(16)18)6-7-19-13-5-4-11(15)8-10(13)3/h4-5,8-9,12,17H,6-7H2,1-3H3,(H2,16,18). The monoisotopic (exact) mass is 268 g/mol. The molecule has 0 fully saturated rings. The molecular weight excluding hydrogens is 247 g/mol. The molecule has 1 atom stereocenters. The maximum Gasteiger partial charge on any atom is 0.234 e. The van der Waals surface area contributed by atoms with Crippen molar-refractivity contribution in [2.75, 3.05) is 6.61 Å². The molecule has 1 rings (SSSR count). The lowest BCUT2D eigenvalue weighted by Crippen LogP contribution is -2.45. The lowest BCUT2D eigenvalue weighted by Gasteiger charge is -2.18. The van der Waals surface area contributed by atoms with Crippen LogP contribution in [0.2, 0.25) is 0 Å². The van der Waals surface area contributed by atoms with E-state index in [0.29, 0.717) is 18.8 Å². The predicted octanol–water partition coefficient (Wildman–Crippen LogP) is 1.75. The Morgan fingerprint density at radius 3 is 2.68 bits per heavy atom. The largest absolute Gasteiger partial charge is 0.493 e. The Bertz CT molecular complexity index is 435. The van der Waals surface area contributed by atoms with Crippen molar-refractivity contribution in [1.29, 1.82) is 0 Å². The van der Waals surface area contributed by atoms with Gasteiger partial charge in [-0.15, -0.1) is 0 Å². The van der Waals surface area contributed by atoms with E-state index in [1.807, 2.05) is 13.8 Å². The van der Waals surface area contributed by atoms with Crippen molar-refractivity contribution in [3.8, 4) is 5.75 Å². The summed E-state index contributed by atoms with van der Waals surface area (Å²) in [5.74, 6) is -0.0661. The number of carbonyl (C=O) groups excluding carboxylic acids is 1. The van der Waals surface area contributed by atoms with E-state index in [9.17, 15) is 9.18 Å². The summed E-state index contributed by atoms with van der Waals surface area (Å²) < 4.78 is 18.5. The molecule has 0 bridgehead atoms. The summed E-state index contributed by atoms with van der Waals surface area (Å²) >= 11 is 0. The molecule has 1 unspecified atom stereocenters. The van der Waals surface area contributed by atoms with Gasteiger partial charge in [-0.05, 0) is 30.7 Å². The smallest absolute Gasteiger partial charge is 0.234 e. The van der Waals surface area contributed by atoms with Crippen molar-refractivity contribution in [3.63, 3.8) is 0 Å². The highest BCUT2D eigenvalue weighted by Crippen LogP contribution is 2.18. The molecule has 5 heteroatoms. The third kappa shape index (κ3) is 5.26. The molecule has 4 nitrogen and oxygen atoms in total. The SMILES string of the molecule is Cc1cc(F)ccc1OCCC(NC(C)C)C(N)=O. The molecule has 0 aliphatic heterocycles. The van der Waals surface area contributed by atoms with E-state index in [4.69, 9.17) is 10.5 Å². The molecule has 1 amide bonds. The van der Waals surface area contributed by atoms with Gasteiger partial charge >= 0.3 is 0 Å². The molecule has 0 radical (unpaired) electrons. The summed E-state index contributed by atoms with van der Waals surface area (Å²) in [5, 5.41) is 3.07. The molecule has 0 saturated heterocycles. The first kappa shape index (κ1) is 15.4. The fourth-order valence-electron chi connectivity index (χ4n) is 1.77. The Labute approximate surface area is 113 Å². The van der Waals surface area contributed by atoms with E-state index in [1.165, 1.54) is 12.1 Å². The van der Waals surface area contributed by atoms with Crippen LogP contribution in [-0.4, -0.2) is 24.6 Å². The third-order valence-corrected chi connectivity index (χ3v) is 2.68. The van der Waals surface area contributed by atoms with Gasteiger partial charge in [0.25, 0.3) is 0 Å². The van der Waals surface area contributed by atoms with Crippen molar-refractivity contribution in [1.82, 2.24) is 5.32 Å². The van der Waals surface area contributed by atoms with Gasteiger partial charge < -0.3 is 15.8 Å². The second-order valence-electron chi connectivity index (χ2n) is 4.82. The molecule has 1 aromatic rings. The second kappa shape index (κ2) is 7.09. The highest BCUT2D eigenvalue weighted by atomic mass is 19.1. The Hall–Kier alpha value is -1.62. The number of primary amides is 1. The van der Waals surface area contributed by atoms with Crippen LogP contribution in [0.3, 0.4) is 0 Å². The third-order valence-electron chi connectivity index (χ3n) is 2.68. The number of halogens is 1. The minimum Gasteiger partial charge on any atom is -0.493 e. The van der Waals surface area contributed by atoms with Crippen molar-refractivity contribution in [2.45, 2.75) is 39.3 Å². The number of nitrogens with one attached hydrogen (secondary N) is 1. The van der Waals surface area contributed by atoms with Gasteiger partial charge in [-0.1, -0.05) is 13.8 Å². The van der Waals surface area contributed by atoms with Crippen LogP contribution in [0.5, 0.6) is 5.75 Å². The molecule has 106 valence electrons. The van der Waals surface area contributed by atoms with E-state index < -0.39 is 11.9 Å². The van der Waals surface area contributed by atoms with Gasteiger partial charge in [-0.25, -0.2) is 4.39 Å². The van der Waals surface area contributed by atoms with Gasteiger partial charge in [0.15, 0.2) is 0 Å². The summed E-state index contributed by atoms with van der Waals surface area (Å²) in [7, 11) is 0. The fraction of sp³-hybridized carbons (Fsp3) is 0.500. The number of amides is 1. The van der Waals surface area contributed by atoms with E-state index in [0.717, 1.165) is 5.56 Å². The molecular formula is C14H21FN2O2. The molecule has 19 heavy (non-hydrogen) atoms. The molecule has 0 aliphatic carbocycles. The molecule has 3 N–H and O–H groups in total. The van der Waals surface area contributed by atoms with E-state index in [2.05, 4.69) is 5.32 Å². The van der Waals surface area contributed by atoms with Gasteiger partial charge in [0, 0.05) is 12.5 Å². The number of benzene rings is 1. The Balaban J connectivity index is 2.49. The second-order valence-corrected chi connectivity index (χ2v) is 4.82. The van der Waals surface area contributed by atoms with Crippen LogP contribution in [0.4, 0.5) is 4.39 Å². The average molecular weight is 268 g/mol. The van der Waals surface area contributed by atoms with Crippen LogP contribution in [0.15, 0.2) is 18.2 Å². The molecule has 0 spiro atoms. The number of aryl methyl sites for hydroxylation is 1. The number of carbonyl (C=O) groups is 1. The zero-order valence-electron chi connectivity index (χ0n) is 11.6. The van der Waals surface area contributed by atoms with Crippen molar-refractivity contribution >= 4 is 5.91 Å². The highest BCUT2D eigenvalue weighted by molar-refractivity contribution is 5.79. The summed E-state index contributed by atoms with van der Waals surface area (Å²) in [4.78, 5) is 11.2. The van der Waals surface area contributed by atoms with E-state index in [-0.39, 0.29) is 11.9 Å². The molecule has 1 aromatic carbocycles.